The standard InChI is InChI=1S/C13H24N2O2/c1-2-7-14-11-4-3-8-15(12(11)17)9-13(10-16)5-6-13/h11,14,16H,2-10H2,1H3. The van der Waals surface area contributed by atoms with Gasteiger partial charge in [-0.3, -0.25) is 4.79 Å². The van der Waals surface area contributed by atoms with Gasteiger partial charge in [-0.15, -0.1) is 0 Å². The zero-order valence-corrected chi connectivity index (χ0v) is 10.7. The minimum Gasteiger partial charge on any atom is -0.396 e. The first kappa shape index (κ1) is 12.8. The molecule has 1 saturated heterocycles. The number of carbonyl (C=O) groups excluding carboxylic acids is 1. The number of aliphatic hydroxyl groups excluding tert-OH is 1. The highest BCUT2D eigenvalue weighted by molar-refractivity contribution is 5.82. The third-order valence-corrected chi connectivity index (χ3v) is 3.99. The van der Waals surface area contributed by atoms with Crippen LogP contribution in [0.2, 0.25) is 0 Å². The minimum atomic E-state index is 0.0122. The molecular weight excluding hydrogens is 216 g/mol. The molecule has 1 aliphatic carbocycles. The van der Waals surface area contributed by atoms with Crippen LogP contribution < -0.4 is 5.32 Å². The number of nitrogens with zero attached hydrogens (tertiary/aromatic N) is 1. The first-order valence-electron chi connectivity index (χ1n) is 6.84. The number of rotatable bonds is 6. The third-order valence-electron chi connectivity index (χ3n) is 3.99. The van der Waals surface area contributed by atoms with Crippen molar-refractivity contribution in [2.75, 3.05) is 26.2 Å². The average molecular weight is 240 g/mol. The van der Waals surface area contributed by atoms with E-state index in [4.69, 9.17) is 0 Å². The van der Waals surface area contributed by atoms with E-state index in [-0.39, 0.29) is 24.0 Å². The fraction of sp³-hybridized carbons (Fsp3) is 0.923. The van der Waals surface area contributed by atoms with E-state index < -0.39 is 0 Å². The topological polar surface area (TPSA) is 52.6 Å². The Morgan fingerprint density at radius 1 is 1.53 bits per heavy atom. The first-order valence-corrected chi connectivity index (χ1v) is 6.84. The molecule has 1 unspecified atom stereocenters. The fourth-order valence-electron chi connectivity index (χ4n) is 2.55. The summed E-state index contributed by atoms with van der Waals surface area (Å²) in [5.74, 6) is 0.240. The molecule has 1 heterocycles. The highest BCUT2D eigenvalue weighted by atomic mass is 16.3. The Bertz CT molecular complexity index is 277. The number of carbonyl (C=O) groups is 1. The molecule has 0 aromatic rings. The Labute approximate surface area is 103 Å². The van der Waals surface area contributed by atoms with Gasteiger partial charge in [0, 0.05) is 18.5 Å². The Morgan fingerprint density at radius 3 is 2.88 bits per heavy atom. The maximum Gasteiger partial charge on any atom is 0.239 e. The van der Waals surface area contributed by atoms with Gasteiger partial charge in [-0.05, 0) is 38.6 Å². The van der Waals surface area contributed by atoms with Gasteiger partial charge in [0.25, 0.3) is 0 Å². The van der Waals surface area contributed by atoms with Crippen LogP contribution in [0.3, 0.4) is 0 Å². The number of nitrogens with one attached hydrogen (secondary N) is 1. The highest BCUT2D eigenvalue weighted by Crippen LogP contribution is 2.45. The first-order chi connectivity index (χ1) is 8.21. The van der Waals surface area contributed by atoms with Crippen LogP contribution in [0.4, 0.5) is 0 Å². The molecule has 2 aliphatic rings. The molecular formula is C13H24N2O2. The van der Waals surface area contributed by atoms with E-state index in [1.54, 1.807) is 0 Å². The molecule has 4 nitrogen and oxygen atoms in total. The minimum absolute atomic E-state index is 0.0122. The van der Waals surface area contributed by atoms with Crippen molar-refractivity contribution < 1.29 is 9.90 Å². The SMILES string of the molecule is CCCNC1CCCN(CC2(CO)CC2)C1=O. The lowest BCUT2D eigenvalue weighted by Gasteiger charge is -2.35. The molecule has 1 aliphatic heterocycles. The number of aliphatic hydroxyl groups is 1. The van der Waals surface area contributed by atoms with Gasteiger partial charge in [0.2, 0.25) is 5.91 Å². The Kier molecular flexibility index (Phi) is 4.05. The summed E-state index contributed by atoms with van der Waals surface area (Å²) in [6, 6.07) is 0.0122. The van der Waals surface area contributed by atoms with Crippen molar-refractivity contribution in [1.82, 2.24) is 10.2 Å². The van der Waals surface area contributed by atoms with Crippen LogP contribution >= 0.6 is 0 Å². The van der Waals surface area contributed by atoms with E-state index >= 15 is 0 Å². The molecule has 0 spiro atoms. The molecule has 1 saturated carbocycles. The molecule has 0 radical (unpaired) electrons. The molecule has 98 valence electrons. The van der Waals surface area contributed by atoms with Crippen molar-refractivity contribution in [3.05, 3.63) is 0 Å². The predicted molar refractivity (Wildman–Crippen MR) is 66.6 cm³/mol. The summed E-state index contributed by atoms with van der Waals surface area (Å²) in [4.78, 5) is 14.2. The van der Waals surface area contributed by atoms with Gasteiger partial charge in [-0.1, -0.05) is 6.92 Å². The third kappa shape index (κ3) is 2.99. The molecule has 4 heteroatoms. The van der Waals surface area contributed by atoms with Crippen LogP contribution in [-0.4, -0.2) is 48.2 Å². The molecule has 0 bridgehead atoms. The number of hydrogen-bond donors (Lipinski definition) is 2. The summed E-state index contributed by atoms with van der Waals surface area (Å²) in [7, 11) is 0. The second kappa shape index (κ2) is 5.36. The van der Waals surface area contributed by atoms with E-state index in [1.165, 1.54) is 0 Å². The van der Waals surface area contributed by atoms with Crippen LogP contribution in [0.25, 0.3) is 0 Å². The van der Waals surface area contributed by atoms with Gasteiger partial charge in [0.1, 0.15) is 0 Å². The second-order valence-electron chi connectivity index (χ2n) is 5.57. The zero-order valence-electron chi connectivity index (χ0n) is 10.7. The molecule has 0 aromatic heterocycles. The quantitative estimate of drug-likeness (QED) is 0.720. The lowest BCUT2D eigenvalue weighted by molar-refractivity contribution is -0.137. The number of piperidine rings is 1. The molecule has 2 N–H and O–H groups in total. The van der Waals surface area contributed by atoms with Crippen molar-refractivity contribution in [1.29, 1.82) is 0 Å². The van der Waals surface area contributed by atoms with E-state index in [2.05, 4.69) is 12.2 Å². The molecule has 1 atom stereocenters. The lowest BCUT2D eigenvalue weighted by atomic mass is 10.0. The maximum atomic E-state index is 12.2. The van der Waals surface area contributed by atoms with Crippen LogP contribution in [-0.2, 0) is 4.79 Å². The van der Waals surface area contributed by atoms with E-state index in [9.17, 15) is 9.90 Å². The molecule has 2 rings (SSSR count). The Hall–Kier alpha value is -0.610. The number of amides is 1. The van der Waals surface area contributed by atoms with E-state index in [1.807, 2.05) is 4.90 Å². The van der Waals surface area contributed by atoms with Crippen molar-refractivity contribution >= 4 is 5.91 Å². The summed E-state index contributed by atoms with van der Waals surface area (Å²) in [6.07, 6.45) is 5.24. The summed E-state index contributed by atoms with van der Waals surface area (Å²) in [5.41, 5.74) is 0.0440. The van der Waals surface area contributed by atoms with Crippen LogP contribution in [0.5, 0.6) is 0 Å². The van der Waals surface area contributed by atoms with Gasteiger partial charge < -0.3 is 15.3 Å². The number of hydrogen-bond acceptors (Lipinski definition) is 3. The molecule has 1 amide bonds. The summed E-state index contributed by atoms with van der Waals surface area (Å²) in [5, 5.41) is 12.6. The summed E-state index contributed by atoms with van der Waals surface area (Å²) < 4.78 is 0. The Balaban J connectivity index is 1.87. The monoisotopic (exact) mass is 240 g/mol. The van der Waals surface area contributed by atoms with E-state index in [0.29, 0.717) is 0 Å². The van der Waals surface area contributed by atoms with Crippen molar-refractivity contribution in [3.63, 3.8) is 0 Å². The van der Waals surface area contributed by atoms with E-state index in [0.717, 1.165) is 51.7 Å². The summed E-state index contributed by atoms with van der Waals surface area (Å²) in [6.45, 7) is 4.87. The Morgan fingerprint density at radius 2 is 2.29 bits per heavy atom. The van der Waals surface area contributed by atoms with Crippen molar-refractivity contribution in [3.8, 4) is 0 Å². The smallest absolute Gasteiger partial charge is 0.239 e. The lowest BCUT2D eigenvalue weighted by Crippen LogP contribution is -2.52. The van der Waals surface area contributed by atoms with Crippen molar-refractivity contribution in [2.45, 2.75) is 45.1 Å². The van der Waals surface area contributed by atoms with Crippen LogP contribution in [0.15, 0.2) is 0 Å². The van der Waals surface area contributed by atoms with Crippen LogP contribution in [0, 0.1) is 5.41 Å². The van der Waals surface area contributed by atoms with Gasteiger partial charge in [0.15, 0.2) is 0 Å². The van der Waals surface area contributed by atoms with Gasteiger partial charge in [-0.2, -0.15) is 0 Å². The largest absolute Gasteiger partial charge is 0.396 e. The number of likely N-dealkylation sites (tertiary alicyclic amines) is 1. The predicted octanol–water partition coefficient (Wildman–Crippen LogP) is 0.749. The molecule has 2 fully saturated rings. The normalized spacial score (nSPS) is 27.3. The average Bonchev–Trinajstić information content (AvgIpc) is 3.11. The fourth-order valence-corrected chi connectivity index (χ4v) is 2.55. The molecule has 17 heavy (non-hydrogen) atoms. The van der Waals surface area contributed by atoms with Gasteiger partial charge in [0.05, 0.1) is 12.6 Å². The zero-order chi connectivity index (χ0) is 12.3. The summed E-state index contributed by atoms with van der Waals surface area (Å²) >= 11 is 0. The van der Waals surface area contributed by atoms with Gasteiger partial charge >= 0.3 is 0 Å². The van der Waals surface area contributed by atoms with Crippen LogP contribution in [0.1, 0.15) is 39.0 Å². The second-order valence-corrected chi connectivity index (χ2v) is 5.57. The van der Waals surface area contributed by atoms with Gasteiger partial charge in [-0.25, -0.2) is 0 Å². The molecule has 0 aromatic carbocycles. The highest BCUT2D eigenvalue weighted by Gasteiger charge is 2.45. The maximum absolute atomic E-state index is 12.2. The van der Waals surface area contributed by atoms with Crippen molar-refractivity contribution in [2.24, 2.45) is 5.41 Å².